The van der Waals surface area contributed by atoms with Crippen molar-refractivity contribution in [2.24, 2.45) is 13.5 Å². The van der Waals surface area contributed by atoms with E-state index in [-0.39, 0.29) is 13.5 Å². The molecule has 1 aliphatic rings. The van der Waals surface area contributed by atoms with Crippen LogP contribution in [0.5, 0.6) is 0 Å². The molecule has 1 heterocycles. The molecule has 0 bridgehead atoms. The molecule has 1 rings (SSSR count). The predicted octanol–water partition coefficient (Wildman–Crippen LogP) is 32.2. The molecule has 0 N–H and O–H groups in total. The first-order valence-electron chi connectivity index (χ1n) is 32.2. The molecule has 0 aromatic rings. The lowest BCUT2D eigenvalue weighted by Crippen LogP contribution is -2.73. The molecule has 0 saturated heterocycles. The van der Waals surface area contributed by atoms with Crippen LogP contribution in [-0.4, -0.2) is 290 Å². The van der Waals surface area contributed by atoms with E-state index in [4.69, 9.17) is 0 Å². The predicted molar refractivity (Wildman–Crippen MR) is 278 cm³/mol. The van der Waals surface area contributed by atoms with Crippen molar-refractivity contribution < 1.29 is 422 Å². The molecule has 0 unspecified atom stereocenters. The Morgan fingerprint density at radius 3 is 0.220 bits per heavy atom. The van der Waals surface area contributed by atoms with Gasteiger partial charge in [-0.25, -0.2) is 0 Å². The van der Waals surface area contributed by atoms with Gasteiger partial charge < -0.3 is 0 Å². The molecule has 0 fully saturated rings. The van der Waals surface area contributed by atoms with Gasteiger partial charge in [0.05, 0.1) is 0 Å². The lowest BCUT2D eigenvalue weighted by molar-refractivity contribution is -0.453. The molecule has 1 aliphatic heterocycles. The normalized spacial score (nSPS) is 18.4. The van der Waals surface area contributed by atoms with Gasteiger partial charge in [0.2, 0.25) is 0 Å². The van der Waals surface area contributed by atoms with Crippen LogP contribution < -0.4 is 0 Å². The molecule has 0 aromatic carbocycles. The van der Waals surface area contributed by atoms with Crippen molar-refractivity contribution >= 4 is 23.0 Å². The molecule has 0 radical (unpaired) electrons. The zero-order valence-electron chi connectivity index (χ0n) is 64.4. The van der Waals surface area contributed by atoms with E-state index in [1.54, 1.807) is 0 Å². The first-order valence-corrected chi connectivity index (χ1v) is 36.7. The van der Waals surface area contributed by atoms with Gasteiger partial charge in [0.15, 0.2) is 0 Å². The van der Waals surface area contributed by atoms with Crippen LogP contribution in [0.25, 0.3) is 0 Å². The summed E-state index contributed by atoms with van der Waals surface area (Å²) in [6.45, 7) is -42.1. The molecule has 0 aliphatic carbocycles. The fourth-order valence-corrected chi connectivity index (χ4v) is 17.9. The lowest BCUT2D eigenvalue weighted by atomic mass is 9.91. The minimum atomic E-state index is -11.8. The number of alkyl halides is 90. The highest BCUT2D eigenvalue weighted by atomic mass is 31.3. The van der Waals surface area contributed by atoms with E-state index < -0.39 is 313 Å². The van der Waals surface area contributed by atoms with E-state index in [1.165, 1.54) is 0 Å². The SMILES string of the molecule is FC(F)(F)C(F)(F)C(F)(F)C(F)(F)C(F)(F)C(F)(F)C(F)(F)COP1(OCC(F)(F)C(F)(F)C(F)(F)C(F)(F)C(F)(F)C(F)(F)C(F)(F)F)=NP(OCC(F)(F)C(F)(F)C(F)(F)C(F)(F)C(F)(F)C(F)(F)C(F)(F)F)(OCC(F)(F)C(F)(F)C(F)(F)C(F)(F)C(F)(F)C(F)(F)C(F)(F)F)=NP(OCC(F)(F)C(F)(F)C(F)(F)C(F)(F)C(F)(F)C(F)(F)C(F)(F)F)(OCC(F)(F)C(F)(F)C(F)(F)C(F)(F)C(F)(F)C(F)(F)C(F)(F)F)=N1. The minimum Gasteiger partial charge on any atom is -0.300 e. The number of rotatable bonds is 48. The maximum absolute atomic E-state index is 16.0. The largest absolute Gasteiger partial charge is 0.460 e. The third-order valence-corrected chi connectivity index (χ3v) is 25.7. The topological polar surface area (TPSA) is 92.5 Å². The Balaban J connectivity index is 6.84. The molecular formula is C48H12F90N3O6P3. The van der Waals surface area contributed by atoms with Gasteiger partial charge in [0.25, 0.3) is 0 Å². The molecule has 0 amide bonds. The molecule has 0 spiro atoms. The molecule has 102 heteroatoms. The van der Waals surface area contributed by atoms with Crippen LogP contribution >= 0.6 is 23.0 Å². The third-order valence-electron chi connectivity index (χ3n) is 17.5. The van der Waals surface area contributed by atoms with Crippen molar-refractivity contribution in [3.05, 3.63) is 0 Å². The molecule has 0 saturated carbocycles. The van der Waals surface area contributed by atoms with Gasteiger partial charge in [-0.2, -0.15) is 395 Å². The van der Waals surface area contributed by atoms with Crippen LogP contribution in [0, 0.1) is 0 Å². The highest BCUT2D eigenvalue weighted by Crippen LogP contribution is 2.84. The molecule has 0 aromatic heterocycles. The quantitative estimate of drug-likeness (QED) is 0.0445. The van der Waals surface area contributed by atoms with Crippen LogP contribution in [0.2, 0.25) is 0 Å². The van der Waals surface area contributed by atoms with E-state index >= 15 is 158 Å². The fraction of sp³-hybridized carbons (Fsp3) is 1.00. The van der Waals surface area contributed by atoms with Crippen molar-refractivity contribution in [1.29, 1.82) is 0 Å². The molecule has 0 atom stereocenters. The van der Waals surface area contributed by atoms with Gasteiger partial charge in [0.1, 0.15) is 39.6 Å². The Hall–Kier alpha value is -5.85. The summed E-state index contributed by atoms with van der Waals surface area (Å²) < 4.78 is 1320. The van der Waals surface area contributed by atoms with Crippen LogP contribution in [0.3, 0.4) is 0 Å². The monoisotopic (exact) mass is 2530 g/mol. The molecule has 900 valence electrons. The summed E-state index contributed by atoms with van der Waals surface area (Å²) in [5.41, 5.74) is 0. The van der Waals surface area contributed by atoms with Crippen LogP contribution in [0.15, 0.2) is 13.5 Å². The Bertz CT molecular complexity index is 4150. The zero-order chi connectivity index (χ0) is 123. The van der Waals surface area contributed by atoms with Gasteiger partial charge in [-0.1, -0.05) is 0 Å². The third kappa shape index (κ3) is 19.8. The average molecular weight is 2530 g/mol. The summed E-state index contributed by atoms with van der Waals surface area (Å²) in [6, 6.07) is 0. The second kappa shape index (κ2) is 37.1. The summed E-state index contributed by atoms with van der Waals surface area (Å²) in [5.74, 6) is -373. The number of halogens is 90. The lowest BCUT2D eigenvalue weighted by Gasteiger charge is -2.43. The van der Waals surface area contributed by atoms with E-state index in [1.807, 2.05) is 0 Å². The molecule has 150 heavy (non-hydrogen) atoms. The highest BCUT2D eigenvalue weighted by molar-refractivity contribution is 7.78. The smallest absolute Gasteiger partial charge is 0.300 e. The van der Waals surface area contributed by atoms with Gasteiger partial charge in [-0.3, -0.25) is 27.1 Å². The Labute approximate surface area is 749 Å². The Morgan fingerprint density at radius 1 is 0.0933 bits per heavy atom. The van der Waals surface area contributed by atoms with Crippen LogP contribution in [-0.2, 0) is 27.1 Å². The van der Waals surface area contributed by atoms with Crippen molar-refractivity contribution in [3.63, 3.8) is 0 Å². The number of hydrogen-bond acceptors (Lipinski definition) is 9. The standard InChI is InChI=1S/C48H12F90N3O6P3/c49-7(50,13(61,62)19(73,74)25(85,86)31(97,98)37(109,110)43(121,122)123)1-142-148(143-2-8(51,52)14(63,64)20(75,76)26(87,88)32(99,100)38(111,112)44(124,125)126)139-149(144-3-9(53,54)15(65,66)21(77,78)27(89,90)33(101,102)39(113,114)45(127,128)129,145-4-10(55,56)16(67,68)22(79,80)28(91,92)34(103,104)40(115,116)46(130,131)132)141-150(140-148,146-5-11(57,58)17(69,70)23(81,82)29(93,94)35(105,106)41(117,118)47(133,134)135)147-6-12(59,60)18(71,72)24(83,84)30(95,96)36(107,108)42(119,120)48(136,137)138/h1-6H2. The first-order chi connectivity index (χ1) is 63.4. The van der Waals surface area contributed by atoms with Crippen molar-refractivity contribution in [2.75, 3.05) is 39.6 Å². The van der Waals surface area contributed by atoms with Gasteiger partial charge in [0, 0.05) is 0 Å². The number of hydrogen-bond donors (Lipinski definition) is 0. The van der Waals surface area contributed by atoms with E-state index in [2.05, 4.69) is 27.1 Å². The van der Waals surface area contributed by atoms with Crippen molar-refractivity contribution in [1.82, 2.24) is 0 Å². The second-order valence-corrected chi connectivity index (χ2v) is 34.5. The second-order valence-electron chi connectivity index (χ2n) is 27.8. The Morgan fingerprint density at radius 2 is 0.153 bits per heavy atom. The van der Waals surface area contributed by atoms with Gasteiger partial charge in [-0.05, 0) is 0 Å². The molecular weight excluding hydrogens is 2520 g/mol. The maximum Gasteiger partial charge on any atom is 0.460 e. The van der Waals surface area contributed by atoms with E-state index in [0.29, 0.717) is 0 Å². The molecule has 9 nitrogen and oxygen atoms in total. The fourth-order valence-electron chi connectivity index (χ4n) is 8.43. The first kappa shape index (κ1) is 142. The average Bonchev–Trinajstić information content (AvgIpc) is 0.703. The Kier molecular flexibility index (Phi) is 35.2. The number of nitrogens with zero attached hydrogens (tertiary/aromatic N) is 3. The van der Waals surface area contributed by atoms with Crippen molar-refractivity contribution in [3.8, 4) is 0 Å². The summed E-state index contributed by atoms with van der Waals surface area (Å²) in [4.78, 5) is 0. The van der Waals surface area contributed by atoms with Crippen molar-refractivity contribution in [2.45, 2.75) is 250 Å². The summed E-state index contributed by atoms with van der Waals surface area (Å²) in [6.07, 6.45) is -55.2. The van der Waals surface area contributed by atoms with Crippen LogP contribution in [0.4, 0.5) is 395 Å². The zero-order valence-corrected chi connectivity index (χ0v) is 67.1. The summed E-state index contributed by atoms with van der Waals surface area (Å²) in [7, 11) is -35.4. The van der Waals surface area contributed by atoms with E-state index in [9.17, 15) is 237 Å². The summed E-state index contributed by atoms with van der Waals surface area (Å²) in [5, 5.41) is 0. The van der Waals surface area contributed by atoms with Gasteiger partial charge in [-0.15, -0.1) is 13.5 Å². The minimum absolute atomic E-state index is 0.121. The maximum atomic E-state index is 16.0. The van der Waals surface area contributed by atoms with Crippen LogP contribution in [0.1, 0.15) is 0 Å². The highest BCUT2D eigenvalue weighted by Gasteiger charge is 3.02. The van der Waals surface area contributed by atoms with E-state index in [0.717, 1.165) is 0 Å². The van der Waals surface area contributed by atoms with Gasteiger partial charge >= 0.3 is 273 Å². The summed E-state index contributed by atoms with van der Waals surface area (Å²) >= 11 is 0.